The van der Waals surface area contributed by atoms with Gasteiger partial charge in [-0.25, -0.2) is 8.42 Å². The van der Waals surface area contributed by atoms with Gasteiger partial charge < -0.3 is 9.52 Å². The first-order valence-electron chi connectivity index (χ1n) is 6.75. The van der Waals surface area contributed by atoms with Gasteiger partial charge >= 0.3 is 0 Å². The minimum absolute atomic E-state index is 0.115. The van der Waals surface area contributed by atoms with Crippen molar-refractivity contribution in [2.45, 2.75) is 5.25 Å². The predicted octanol–water partition coefficient (Wildman–Crippen LogP) is 2.18. The van der Waals surface area contributed by atoms with E-state index in [2.05, 4.69) is 0 Å². The highest BCUT2D eigenvalue weighted by Crippen LogP contribution is 2.40. The highest BCUT2D eigenvalue weighted by Gasteiger charge is 2.35. The van der Waals surface area contributed by atoms with Gasteiger partial charge in [0.1, 0.15) is 16.1 Å². The van der Waals surface area contributed by atoms with Crippen molar-refractivity contribution in [1.29, 1.82) is 0 Å². The molecule has 1 aromatic carbocycles. The lowest BCUT2D eigenvalue weighted by Gasteiger charge is -2.13. The number of hydrogen-bond donors (Lipinski definition) is 1. The van der Waals surface area contributed by atoms with Gasteiger partial charge in [0.05, 0.1) is 17.0 Å². The van der Waals surface area contributed by atoms with Crippen LogP contribution in [0.4, 0.5) is 14.9 Å². The lowest BCUT2D eigenvalue weighted by molar-refractivity contribution is 0.112. The van der Waals surface area contributed by atoms with Crippen molar-refractivity contribution in [3.63, 3.8) is 0 Å². The lowest BCUT2D eigenvalue weighted by Crippen LogP contribution is -2.26. The van der Waals surface area contributed by atoms with Gasteiger partial charge in [-0.15, -0.1) is 0 Å². The predicted molar refractivity (Wildman–Crippen MR) is 87.1 cm³/mol. The highest BCUT2D eigenvalue weighted by molar-refractivity contribution is 8.15. The number of anilines is 1. The summed E-state index contributed by atoms with van der Waals surface area (Å²) < 4.78 is 41.9. The van der Waals surface area contributed by atoms with Crippen molar-refractivity contribution in [2.75, 3.05) is 23.5 Å². The third kappa shape index (κ3) is 2.86. The van der Waals surface area contributed by atoms with Crippen LogP contribution in [-0.4, -0.2) is 48.9 Å². The number of halogens is 1. The molecule has 1 aliphatic heterocycles. The van der Waals surface area contributed by atoms with Gasteiger partial charge in [0.15, 0.2) is 17.6 Å². The topological polar surface area (TPSA) is 105 Å². The third-order valence-corrected chi connectivity index (χ3v) is 5.86. The average Bonchev–Trinajstić information content (AvgIpc) is 3.04. The number of phenols is 1. The monoisotopic (exact) mass is 373 g/mol. The maximum absolute atomic E-state index is 14.1. The normalized spacial score (nSPS) is 18.5. The second kappa shape index (κ2) is 5.78. The Bertz CT molecular complexity index is 952. The molecular formula is C14H12FNO6S2. The van der Waals surface area contributed by atoms with Crippen LogP contribution >= 0.6 is 11.8 Å². The molecule has 2 heterocycles. The number of aromatic hydroxyl groups is 1. The van der Waals surface area contributed by atoms with Crippen LogP contribution < -0.4 is 4.90 Å². The molecule has 0 saturated carbocycles. The third-order valence-electron chi connectivity index (χ3n) is 3.57. The minimum atomic E-state index is -3.25. The summed E-state index contributed by atoms with van der Waals surface area (Å²) >= 11 is 0.878. The zero-order chi connectivity index (χ0) is 17.6. The summed E-state index contributed by atoms with van der Waals surface area (Å²) in [7, 11) is -3.25. The van der Waals surface area contributed by atoms with E-state index < -0.39 is 31.9 Å². The van der Waals surface area contributed by atoms with Crippen molar-refractivity contribution in [3.05, 3.63) is 23.7 Å². The van der Waals surface area contributed by atoms with E-state index in [4.69, 9.17) is 4.42 Å². The van der Waals surface area contributed by atoms with Crippen molar-refractivity contribution in [2.24, 2.45) is 0 Å². The molecule has 3 rings (SSSR count). The molecule has 1 amide bonds. The maximum atomic E-state index is 14.1. The number of sulfone groups is 1. The van der Waals surface area contributed by atoms with E-state index in [9.17, 15) is 27.5 Å². The number of carbonyl (C=O) groups is 2. The van der Waals surface area contributed by atoms with Gasteiger partial charge in [0, 0.05) is 23.4 Å². The summed E-state index contributed by atoms with van der Waals surface area (Å²) in [6.07, 6.45) is 2.52. The fraction of sp³-hybridized carbons (Fsp3) is 0.286. The smallest absolute Gasteiger partial charge is 0.286 e. The van der Waals surface area contributed by atoms with Gasteiger partial charge in [-0.1, -0.05) is 11.8 Å². The standard InChI is InChI=1S/C14H12FNO6S2/c1-24(20,21)6-8-3-16(14(19)23-8)10-5-22-13-9(10)2-7(4-17)12(18)11(13)15/h2,4-5,8,18H,3,6H2,1H3/t8-/m1/s1. The highest BCUT2D eigenvalue weighted by atomic mass is 32.2. The number of benzene rings is 1. The first kappa shape index (κ1) is 16.8. The summed E-state index contributed by atoms with van der Waals surface area (Å²) in [5.74, 6) is -2.08. The second-order valence-electron chi connectivity index (χ2n) is 5.45. The Hall–Kier alpha value is -2.07. The minimum Gasteiger partial charge on any atom is -0.504 e. The number of fused-ring (bicyclic) bond motifs is 1. The second-order valence-corrected chi connectivity index (χ2v) is 8.89. The zero-order valence-electron chi connectivity index (χ0n) is 12.4. The molecule has 1 aromatic heterocycles. The maximum Gasteiger partial charge on any atom is 0.286 e. The largest absolute Gasteiger partial charge is 0.504 e. The molecule has 0 radical (unpaired) electrons. The van der Waals surface area contributed by atoms with E-state index in [1.165, 1.54) is 11.0 Å². The van der Waals surface area contributed by atoms with Gasteiger partial charge in [-0.3, -0.25) is 14.5 Å². The van der Waals surface area contributed by atoms with Gasteiger partial charge in [-0.2, -0.15) is 4.39 Å². The van der Waals surface area contributed by atoms with Gasteiger partial charge in [-0.05, 0) is 6.07 Å². The van der Waals surface area contributed by atoms with E-state index >= 15 is 0 Å². The number of carbonyl (C=O) groups excluding carboxylic acids is 2. The first-order chi connectivity index (χ1) is 11.2. The number of thioether (sulfide) groups is 1. The van der Waals surface area contributed by atoms with Gasteiger partial charge in [0.25, 0.3) is 5.24 Å². The summed E-state index contributed by atoms with van der Waals surface area (Å²) in [5, 5.41) is 8.88. The fourth-order valence-corrected chi connectivity index (χ4v) is 5.17. The molecule has 0 aliphatic carbocycles. The van der Waals surface area contributed by atoms with Crippen LogP contribution in [0.3, 0.4) is 0 Å². The molecule has 128 valence electrons. The Morgan fingerprint density at radius 3 is 2.88 bits per heavy atom. The lowest BCUT2D eigenvalue weighted by atomic mass is 10.1. The molecule has 10 heteroatoms. The summed E-state index contributed by atoms with van der Waals surface area (Å²) in [4.78, 5) is 24.4. The van der Waals surface area contributed by atoms with Crippen LogP contribution in [0.2, 0.25) is 0 Å². The van der Waals surface area contributed by atoms with Crippen LogP contribution in [0.1, 0.15) is 10.4 Å². The molecule has 1 fully saturated rings. The Morgan fingerprint density at radius 1 is 1.54 bits per heavy atom. The molecule has 0 spiro atoms. The van der Waals surface area contributed by atoms with E-state index in [0.717, 1.165) is 24.3 Å². The SMILES string of the molecule is CS(=O)(=O)C[C@H]1CN(c2coc3c(F)c(O)c(C=O)cc23)C(=O)S1. The van der Waals surface area contributed by atoms with E-state index in [1.54, 1.807) is 0 Å². The summed E-state index contributed by atoms with van der Waals surface area (Å²) in [6.45, 7) is 0.115. The van der Waals surface area contributed by atoms with E-state index in [1.807, 2.05) is 0 Å². The van der Waals surface area contributed by atoms with E-state index in [-0.39, 0.29) is 34.5 Å². The van der Waals surface area contributed by atoms with Crippen molar-refractivity contribution < 1.29 is 31.9 Å². The Morgan fingerprint density at radius 2 is 2.25 bits per heavy atom. The Balaban J connectivity index is 2.03. The molecule has 0 bridgehead atoms. The fourth-order valence-electron chi connectivity index (χ4n) is 2.57. The van der Waals surface area contributed by atoms with Crippen LogP contribution in [0, 0.1) is 5.82 Å². The van der Waals surface area contributed by atoms with Crippen LogP contribution in [0.15, 0.2) is 16.7 Å². The summed E-state index contributed by atoms with van der Waals surface area (Å²) in [5.41, 5.74) is -0.326. The molecule has 24 heavy (non-hydrogen) atoms. The molecule has 1 N–H and O–H groups in total. The van der Waals surface area contributed by atoms with Crippen LogP contribution in [0.5, 0.6) is 5.75 Å². The average molecular weight is 373 g/mol. The first-order valence-corrected chi connectivity index (χ1v) is 9.69. The molecular weight excluding hydrogens is 361 g/mol. The Kier molecular flexibility index (Phi) is 4.04. The van der Waals surface area contributed by atoms with Crippen molar-refractivity contribution in [1.82, 2.24) is 0 Å². The number of nitrogens with zero attached hydrogens (tertiary/aromatic N) is 1. The molecule has 7 nitrogen and oxygen atoms in total. The summed E-state index contributed by atoms with van der Waals surface area (Å²) in [6, 6.07) is 1.22. The number of furan rings is 1. The van der Waals surface area contributed by atoms with Crippen LogP contribution in [0.25, 0.3) is 11.0 Å². The van der Waals surface area contributed by atoms with Crippen LogP contribution in [-0.2, 0) is 9.84 Å². The molecule has 1 aliphatic rings. The molecule has 2 aromatic rings. The zero-order valence-corrected chi connectivity index (χ0v) is 14.0. The molecule has 1 saturated heterocycles. The quantitative estimate of drug-likeness (QED) is 0.819. The number of aldehydes is 1. The number of rotatable bonds is 4. The molecule has 0 unspecified atom stereocenters. The van der Waals surface area contributed by atoms with Crippen molar-refractivity contribution >= 4 is 49.8 Å². The molecule has 1 atom stereocenters. The Labute approximate surface area is 140 Å². The van der Waals surface area contributed by atoms with Crippen molar-refractivity contribution in [3.8, 4) is 5.75 Å². The van der Waals surface area contributed by atoms with Gasteiger partial charge in [0.2, 0.25) is 5.82 Å². The number of hydrogen-bond acceptors (Lipinski definition) is 7. The van der Waals surface area contributed by atoms with E-state index in [0.29, 0.717) is 6.29 Å². The number of amides is 1. The number of phenolic OH excluding ortho intramolecular Hbond substituents is 1.